The number of carbonyl (C=O) groups is 2. The van der Waals surface area contributed by atoms with Crippen LogP contribution < -0.4 is 15.4 Å². The van der Waals surface area contributed by atoms with Crippen LogP contribution in [-0.2, 0) is 10.9 Å². The van der Waals surface area contributed by atoms with Crippen molar-refractivity contribution in [3.8, 4) is 5.75 Å². The van der Waals surface area contributed by atoms with Crippen LogP contribution in [0.5, 0.6) is 5.75 Å². The zero-order chi connectivity index (χ0) is 25.5. The molecule has 0 aliphatic carbocycles. The van der Waals surface area contributed by atoms with Gasteiger partial charge < -0.3 is 25.2 Å². The molecule has 34 heavy (non-hydrogen) atoms. The predicted octanol–water partition coefficient (Wildman–Crippen LogP) is 4.26. The minimum Gasteiger partial charge on any atom is -0.490 e. The average molecular weight is 482 g/mol. The van der Waals surface area contributed by atoms with Gasteiger partial charge in [-0.25, -0.2) is 4.79 Å². The predicted molar refractivity (Wildman–Crippen MR) is 121 cm³/mol. The number of hydrogen-bond acceptors (Lipinski definition) is 6. The monoisotopic (exact) mass is 482 g/mol. The molecule has 0 fully saturated rings. The van der Waals surface area contributed by atoms with Gasteiger partial charge in [0, 0.05) is 23.3 Å². The maximum absolute atomic E-state index is 12.7. The molecule has 0 bridgehead atoms. The van der Waals surface area contributed by atoms with Gasteiger partial charge in [-0.3, -0.25) is 4.79 Å². The van der Waals surface area contributed by atoms with E-state index in [1.807, 2.05) is 20.8 Å². The summed E-state index contributed by atoms with van der Waals surface area (Å²) in [6.45, 7) is 7.80. The molecule has 7 nitrogen and oxygen atoms in total. The Kier molecular flexibility index (Phi) is 9.06. The van der Waals surface area contributed by atoms with Crippen molar-refractivity contribution < 1.29 is 37.3 Å². The summed E-state index contributed by atoms with van der Waals surface area (Å²) in [4.78, 5) is 24.9. The Morgan fingerprint density at radius 2 is 1.71 bits per heavy atom. The van der Waals surface area contributed by atoms with Gasteiger partial charge in [-0.05, 0) is 70.2 Å². The number of rotatable bonds is 9. The molecular weight excluding hydrogens is 453 g/mol. The minimum atomic E-state index is -4.50. The standard InChI is InChI=1S/C24H29F3N2O5/c1-5-33-22(32)19-12-17(10-11-20(19)34-14-18(30)13-28-23(2,3)4)29-21(31)15-6-8-16(9-7-15)24(25,26)27/h6-12,18,28,30H,5,13-14H2,1-4H3,(H,29,31). The summed E-state index contributed by atoms with van der Waals surface area (Å²) < 4.78 is 48.8. The van der Waals surface area contributed by atoms with Crippen LogP contribution in [0.4, 0.5) is 18.9 Å². The Bertz CT molecular complexity index is 986. The highest BCUT2D eigenvalue weighted by molar-refractivity contribution is 6.05. The van der Waals surface area contributed by atoms with Crippen LogP contribution in [0.3, 0.4) is 0 Å². The van der Waals surface area contributed by atoms with E-state index in [9.17, 15) is 27.9 Å². The van der Waals surface area contributed by atoms with Crippen LogP contribution in [0, 0.1) is 0 Å². The molecule has 0 radical (unpaired) electrons. The summed E-state index contributed by atoms with van der Waals surface area (Å²) in [5.41, 5.74) is -0.793. The molecular formula is C24H29F3N2O5. The summed E-state index contributed by atoms with van der Waals surface area (Å²) in [5, 5.41) is 15.8. The molecule has 10 heteroatoms. The van der Waals surface area contributed by atoms with E-state index in [1.54, 1.807) is 6.92 Å². The molecule has 1 atom stereocenters. The van der Waals surface area contributed by atoms with Crippen LogP contribution in [0.1, 0.15) is 54.0 Å². The van der Waals surface area contributed by atoms with E-state index >= 15 is 0 Å². The number of β-amino-alcohol motifs (C(OH)–C–C–N with tert-alkyl or cyclic N) is 1. The van der Waals surface area contributed by atoms with E-state index in [0.29, 0.717) is 0 Å². The normalized spacial score (nSPS) is 12.7. The Morgan fingerprint density at radius 1 is 1.06 bits per heavy atom. The average Bonchev–Trinajstić information content (AvgIpc) is 2.76. The second-order valence-electron chi connectivity index (χ2n) is 8.56. The van der Waals surface area contributed by atoms with E-state index in [2.05, 4.69) is 10.6 Å². The van der Waals surface area contributed by atoms with Crippen LogP contribution in [0.2, 0.25) is 0 Å². The second-order valence-corrected chi connectivity index (χ2v) is 8.56. The third-order valence-corrected chi connectivity index (χ3v) is 4.51. The van der Waals surface area contributed by atoms with E-state index < -0.39 is 29.7 Å². The van der Waals surface area contributed by atoms with Crippen molar-refractivity contribution in [1.82, 2.24) is 5.32 Å². The first-order valence-corrected chi connectivity index (χ1v) is 10.7. The van der Waals surface area contributed by atoms with Crippen molar-refractivity contribution in [1.29, 1.82) is 0 Å². The lowest BCUT2D eigenvalue weighted by atomic mass is 10.1. The first-order valence-electron chi connectivity index (χ1n) is 10.7. The molecule has 2 aromatic rings. The molecule has 2 aromatic carbocycles. The smallest absolute Gasteiger partial charge is 0.416 e. The minimum absolute atomic E-state index is 0.0143. The zero-order valence-corrected chi connectivity index (χ0v) is 19.5. The van der Waals surface area contributed by atoms with Gasteiger partial charge >= 0.3 is 12.1 Å². The number of aliphatic hydroxyl groups excluding tert-OH is 1. The Morgan fingerprint density at radius 3 is 2.26 bits per heavy atom. The van der Waals surface area contributed by atoms with Gasteiger partial charge in [0.2, 0.25) is 0 Å². The van der Waals surface area contributed by atoms with Crippen molar-refractivity contribution >= 4 is 17.6 Å². The molecule has 0 aliphatic heterocycles. The zero-order valence-electron chi connectivity index (χ0n) is 19.5. The lowest BCUT2D eigenvalue weighted by Gasteiger charge is -2.23. The van der Waals surface area contributed by atoms with Crippen LogP contribution in [0.15, 0.2) is 42.5 Å². The lowest BCUT2D eigenvalue weighted by molar-refractivity contribution is -0.137. The Balaban J connectivity index is 2.14. The van der Waals surface area contributed by atoms with Gasteiger partial charge in [0.1, 0.15) is 24.0 Å². The van der Waals surface area contributed by atoms with Gasteiger partial charge in [-0.15, -0.1) is 0 Å². The number of halogens is 3. The van der Waals surface area contributed by atoms with E-state index in [1.165, 1.54) is 18.2 Å². The molecule has 0 aromatic heterocycles. The van der Waals surface area contributed by atoms with Crippen LogP contribution >= 0.6 is 0 Å². The fraction of sp³-hybridized carbons (Fsp3) is 0.417. The fourth-order valence-electron chi connectivity index (χ4n) is 2.78. The number of aliphatic hydroxyl groups is 1. The summed E-state index contributed by atoms with van der Waals surface area (Å²) in [7, 11) is 0. The highest BCUT2D eigenvalue weighted by Gasteiger charge is 2.30. The number of carbonyl (C=O) groups excluding carboxylic acids is 2. The maximum Gasteiger partial charge on any atom is 0.416 e. The number of amides is 1. The lowest BCUT2D eigenvalue weighted by Crippen LogP contribution is -2.42. The molecule has 1 amide bonds. The fourth-order valence-corrected chi connectivity index (χ4v) is 2.78. The number of alkyl halides is 3. The summed E-state index contributed by atoms with van der Waals surface area (Å²) in [6.07, 6.45) is -5.34. The largest absolute Gasteiger partial charge is 0.490 e. The summed E-state index contributed by atoms with van der Waals surface area (Å²) >= 11 is 0. The number of esters is 1. The van der Waals surface area contributed by atoms with Gasteiger partial charge in [0.25, 0.3) is 5.91 Å². The molecule has 3 N–H and O–H groups in total. The van der Waals surface area contributed by atoms with Gasteiger partial charge in [-0.2, -0.15) is 13.2 Å². The topological polar surface area (TPSA) is 96.9 Å². The van der Waals surface area contributed by atoms with Crippen molar-refractivity contribution in [3.63, 3.8) is 0 Å². The molecule has 0 aliphatic rings. The van der Waals surface area contributed by atoms with Gasteiger partial charge in [0.05, 0.1) is 12.2 Å². The molecule has 0 spiro atoms. The van der Waals surface area contributed by atoms with Crippen LogP contribution in [0.25, 0.3) is 0 Å². The van der Waals surface area contributed by atoms with E-state index in [4.69, 9.17) is 9.47 Å². The molecule has 2 rings (SSSR count). The second kappa shape index (κ2) is 11.3. The third-order valence-electron chi connectivity index (χ3n) is 4.51. The first kappa shape index (κ1) is 27.1. The molecule has 0 saturated carbocycles. The van der Waals surface area contributed by atoms with E-state index in [-0.39, 0.29) is 47.9 Å². The summed E-state index contributed by atoms with van der Waals surface area (Å²) in [5.74, 6) is -1.19. The molecule has 0 heterocycles. The molecule has 186 valence electrons. The van der Waals surface area contributed by atoms with Crippen molar-refractivity contribution in [2.24, 2.45) is 0 Å². The van der Waals surface area contributed by atoms with E-state index in [0.717, 1.165) is 24.3 Å². The van der Waals surface area contributed by atoms with Crippen molar-refractivity contribution in [2.75, 3.05) is 25.1 Å². The number of benzene rings is 2. The Labute approximate surface area is 196 Å². The van der Waals surface area contributed by atoms with Crippen molar-refractivity contribution in [3.05, 3.63) is 59.2 Å². The maximum atomic E-state index is 12.7. The first-order chi connectivity index (χ1) is 15.8. The SMILES string of the molecule is CCOC(=O)c1cc(NC(=O)c2ccc(C(F)(F)F)cc2)ccc1OCC(O)CNC(C)(C)C. The molecule has 1 unspecified atom stereocenters. The number of hydrogen-bond donors (Lipinski definition) is 3. The van der Waals surface area contributed by atoms with Gasteiger partial charge in [-0.1, -0.05) is 0 Å². The highest BCUT2D eigenvalue weighted by atomic mass is 19.4. The van der Waals surface area contributed by atoms with Crippen LogP contribution in [-0.4, -0.2) is 48.4 Å². The van der Waals surface area contributed by atoms with Crippen molar-refractivity contribution in [2.45, 2.75) is 45.5 Å². The molecule has 0 saturated heterocycles. The summed E-state index contributed by atoms with van der Waals surface area (Å²) in [6, 6.07) is 8.02. The Hall–Kier alpha value is -3.11. The number of ether oxygens (including phenoxy) is 2. The third kappa shape index (κ3) is 8.35. The quantitative estimate of drug-likeness (QED) is 0.462. The number of nitrogens with one attached hydrogen (secondary N) is 2. The highest BCUT2D eigenvalue weighted by Crippen LogP contribution is 2.29. The van der Waals surface area contributed by atoms with Gasteiger partial charge in [0.15, 0.2) is 0 Å². The number of anilines is 1.